The number of nitrogens with one attached hydrogen (secondary N) is 1. The Bertz CT molecular complexity index is 1380. The van der Waals surface area contributed by atoms with E-state index in [9.17, 15) is 9.59 Å². The number of carbonyl (C=O) groups is 2. The van der Waals surface area contributed by atoms with Gasteiger partial charge in [0.05, 0.1) is 5.52 Å². The molecule has 4 rings (SSSR count). The third-order valence-electron chi connectivity index (χ3n) is 7.18. The van der Waals surface area contributed by atoms with Gasteiger partial charge in [-0.15, -0.1) is 5.10 Å². The van der Waals surface area contributed by atoms with Gasteiger partial charge in [-0.2, -0.15) is 0 Å². The molecule has 0 aliphatic heterocycles. The van der Waals surface area contributed by atoms with Crippen LogP contribution >= 0.6 is 0 Å². The fourth-order valence-corrected chi connectivity index (χ4v) is 4.32. The van der Waals surface area contributed by atoms with E-state index in [4.69, 9.17) is 0 Å². The summed E-state index contributed by atoms with van der Waals surface area (Å²) in [7, 11) is 0. The van der Waals surface area contributed by atoms with E-state index in [1.165, 1.54) is 5.56 Å². The predicted octanol–water partition coefficient (Wildman–Crippen LogP) is 5.42. The molecule has 2 atom stereocenters. The zero-order valence-electron chi connectivity index (χ0n) is 22.8. The molecule has 4 aromatic rings. The highest BCUT2D eigenvalue weighted by Crippen LogP contribution is 2.31. The number of amides is 2. The minimum Gasteiger partial charge on any atom is -0.349 e. The Hall–Kier alpha value is -4.07. The van der Waals surface area contributed by atoms with Gasteiger partial charge in [-0.1, -0.05) is 56.3 Å². The molecule has 8 nitrogen and oxygen atoms in total. The summed E-state index contributed by atoms with van der Waals surface area (Å²) >= 11 is 0. The van der Waals surface area contributed by atoms with Crippen molar-refractivity contribution in [1.29, 1.82) is 0 Å². The molecule has 0 saturated carbocycles. The van der Waals surface area contributed by atoms with Crippen molar-refractivity contribution < 1.29 is 9.59 Å². The summed E-state index contributed by atoms with van der Waals surface area (Å²) in [6.45, 7) is 10.2. The Kier molecular flexibility index (Phi) is 8.20. The summed E-state index contributed by atoms with van der Waals surface area (Å²) in [5, 5.41) is 11.6. The number of hydrogen-bond donors (Lipinski definition) is 1. The number of nitrogens with zero attached hydrogens (tertiary/aromatic N) is 5. The maximum atomic E-state index is 14.1. The lowest BCUT2D eigenvalue weighted by Crippen LogP contribution is -2.51. The molecule has 0 saturated heterocycles. The van der Waals surface area contributed by atoms with Crippen molar-refractivity contribution in [3.63, 3.8) is 0 Å². The molecule has 198 valence electrons. The van der Waals surface area contributed by atoms with Gasteiger partial charge in [0.25, 0.3) is 0 Å². The quantitative estimate of drug-likeness (QED) is 0.306. The van der Waals surface area contributed by atoms with Gasteiger partial charge >= 0.3 is 0 Å². The third kappa shape index (κ3) is 5.90. The Morgan fingerprint density at radius 1 is 1.00 bits per heavy atom. The lowest BCUT2D eigenvalue weighted by molar-refractivity contribution is -0.128. The molecule has 0 unspecified atom stereocenters. The molecule has 2 aromatic carbocycles. The van der Waals surface area contributed by atoms with Gasteiger partial charge in [0, 0.05) is 29.2 Å². The van der Waals surface area contributed by atoms with Crippen molar-refractivity contribution in [2.45, 2.75) is 71.5 Å². The summed E-state index contributed by atoms with van der Waals surface area (Å²) in [5.41, 5.74) is 3.44. The molecule has 0 aliphatic carbocycles. The maximum Gasteiger partial charge on any atom is 0.249 e. The van der Waals surface area contributed by atoms with Crippen molar-refractivity contribution >= 4 is 28.5 Å². The average molecular weight is 513 g/mol. The van der Waals surface area contributed by atoms with Crippen LogP contribution in [0.15, 0.2) is 73.1 Å². The van der Waals surface area contributed by atoms with E-state index in [-0.39, 0.29) is 18.4 Å². The summed E-state index contributed by atoms with van der Waals surface area (Å²) < 4.78 is 1.58. The number of pyridine rings is 1. The van der Waals surface area contributed by atoms with Crippen molar-refractivity contribution in [2.75, 3.05) is 4.90 Å². The number of fused-ring (bicyclic) bond motifs is 1. The summed E-state index contributed by atoms with van der Waals surface area (Å²) in [6.07, 6.45) is 5.04. The number of benzene rings is 2. The second-order valence-corrected chi connectivity index (χ2v) is 10.3. The number of rotatable bonds is 10. The van der Waals surface area contributed by atoms with E-state index >= 15 is 0 Å². The van der Waals surface area contributed by atoms with Crippen molar-refractivity contribution in [3.8, 4) is 0 Å². The maximum absolute atomic E-state index is 14.1. The smallest absolute Gasteiger partial charge is 0.249 e. The second kappa shape index (κ2) is 11.5. The zero-order chi connectivity index (χ0) is 27.3. The van der Waals surface area contributed by atoms with Gasteiger partial charge in [0.2, 0.25) is 11.8 Å². The number of para-hydroxylation sites is 1. The topological polar surface area (TPSA) is 93.0 Å². The lowest BCUT2D eigenvalue weighted by atomic mass is 9.97. The normalized spacial score (nSPS) is 13.2. The lowest BCUT2D eigenvalue weighted by Gasteiger charge is -2.34. The highest BCUT2D eigenvalue weighted by atomic mass is 16.2. The average Bonchev–Trinajstić information content (AvgIpc) is 3.34. The van der Waals surface area contributed by atoms with Crippen molar-refractivity contribution in [1.82, 2.24) is 25.3 Å². The number of aromatic nitrogens is 4. The molecule has 0 radical (unpaired) electrons. The Labute approximate surface area is 224 Å². The van der Waals surface area contributed by atoms with Gasteiger partial charge in [-0.25, -0.2) is 4.68 Å². The van der Waals surface area contributed by atoms with Crippen LogP contribution in [0.25, 0.3) is 11.0 Å². The van der Waals surface area contributed by atoms with Crippen LogP contribution in [0.5, 0.6) is 0 Å². The van der Waals surface area contributed by atoms with Gasteiger partial charge in [0.15, 0.2) is 0 Å². The molecule has 2 heterocycles. The fraction of sp³-hybridized carbons (Fsp3) is 0.367. The van der Waals surface area contributed by atoms with E-state index in [2.05, 4.69) is 34.5 Å². The third-order valence-corrected chi connectivity index (χ3v) is 7.18. The molecule has 0 aliphatic rings. The fourth-order valence-electron chi connectivity index (χ4n) is 4.32. The largest absolute Gasteiger partial charge is 0.349 e. The molecule has 2 amide bonds. The van der Waals surface area contributed by atoms with Gasteiger partial charge in [-0.05, 0) is 68.5 Å². The van der Waals surface area contributed by atoms with E-state index < -0.39 is 11.6 Å². The predicted molar refractivity (Wildman–Crippen MR) is 150 cm³/mol. The van der Waals surface area contributed by atoms with E-state index in [1.807, 2.05) is 75.4 Å². The Balaban J connectivity index is 1.80. The Morgan fingerprint density at radius 2 is 1.74 bits per heavy atom. The minimum atomic E-state index is -0.925. The van der Waals surface area contributed by atoms with E-state index in [0.717, 1.165) is 18.4 Å². The highest BCUT2D eigenvalue weighted by molar-refractivity contribution is 6.01. The summed E-state index contributed by atoms with van der Waals surface area (Å²) in [4.78, 5) is 33.9. The van der Waals surface area contributed by atoms with E-state index in [1.54, 1.807) is 28.0 Å². The van der Waals surface area contributed by atoms with E-state index in [0.29, 0.717) is 22.7 Å². The first-order chi connectivity index (χ1) is 18.2. The molecule has 0 spiro atoms. The molecule has 8 heteroatoms. The van der Waals surface area contributed by atoms with Crippen molar-refractivity contribution in [2.24, 2.45) is 0 Å². The van der Waals surface area contributed by atoms with Crippen LogP contribution in [-0.4, -0.2) is 37.3 Å². The number of carbonyl (C=O) groups excluding carboxylic acids is 2. The van der Waals surface area contributed by atoms with Gasteiger partial charge in [0.1, 0.15) is 18.1 Å². The molecular weight excluding hydrogens is 476 g/mol. The molecule has 38 heavy (non-hydrogen) atoms. The summed E-state index contributed by atoms with van der Waals surface area (Å²) in [5.74, 6) is -0.166. The highest BCUT2D eigenvalue weighted by Gasteiger charge is 2.35. The van der Waals surface area contributed by atoms with Crippen molar-refractivity contribution in [3.05, 3.63) is 84.2 Å². The summed E-state index contributed by atoms with van der Waals surface area (Å²) in [6, 6.07) is 18.1. The number of hydrogen-bond acceptors (Lipinski definition) is 5. The van der Waals surface area contributed by atoms with Crippen LogP contribution in [0, 0.1) is 0 Å². The van der Waals surface area contributed by atoms with Gasteiger partial charge in [-0.3, -0.25) is 19.5 Å². The molecule has 1 N–H and O–H groups in total. The first kappa shape index (κ1) is 27.0. The monoisotopic (exact) mass is 512 g/mol. The zero-order valence-corrected chi connectivity index (χ0v) is 22.8. The molecular formula is C30H36N6O2. The Morgan fingerprint density at radius 3 is 2.39 bits per heavy atom. The minimum absolute atomic E-state index is 0.0746. The van der Waals surface area contributed by atoms with Crippen LogP contribution in [0.3, 0.4) is 0 Å². The molecule has 0 bridgehead atoms. The first-order valence-electron chi connectivity index (χ1n) is 13.2. The standard InChI is InChI=1S/C30H36N6O2/c1-6-21(3)22-14-16-24(17-15-22)36(27(37)20-35-26-13-9-8-12-25(26)33-34-35)28(23-11-10-18-31-19-23)29(38)32-30(4,5)7-2/h8-19,21,28H,6-7,20H2,1-5H3,(H,32,38)/t21-,28+/m0/s1. The van der Waals surface area contributed by atoms with Crippen LogP contribution in [-0.2, 0) is 16.1 Å². The number of anilines is 1. The second-order valence-electron chi connectivity index (χ2n) is 10.3. The molecule has 0 fully saturated rings. The van der Waals surface area contributed by atoms with Crippen LogP contribution < -0.4 is 10.2 Å². The van der Waals surface area contributed by atoms with Crippen LogP contribution in [0.1, 0.15) is 70.5 Å². The van der Waals surface area contributed by atoms with Gasteiger partial charge < -0.3 is 5.32 Å². The SMILES string of the molecule is CC[C@H](C)c1ccc(N(C(=O)Cn2nnc3ccccc32)[C@@H](C(=O)NC(C)(C)CC)c2cccnc2)cc1. The van der Waals surface area contributed by atoms with Crippen LogP contribution in [0.4, 0.5) is 5.69 Å². The first-order valence-corrected chi connectivity index (χ1v) is 13.2. The molecule has 2 aromatic heterocycles. The van der Waals surface area contributed by atoms with Crippen LogP contribution in [0.2, 0.25) is 0 Å².